The number of nitrogens with one attached hydrogen (secondary N) is 3. The fraction of sp³-hybridized carbons (Fsp3) is 0.860. The molecule has 0 bridgehead atoms. The predicted molar refractivity (Wildman–Crippen MR) is 222 cm³/mol. The summed E-state index contributed by atoms with van der Waals surface area (Å²) in [4.78, 5) is 89.0. The predicted octanol–water partition coefficient (Wildman–Crippen LogP) is 1.40. The highest BCUT2D eigenvalue weighted by molar-refractivity contribution is 7.98. The zero-order valence-corrected chi connectivity index (χ0v) is 35.8. The van der Waals surface area contributed by atoms with Gasteiger partial charge in [-0.05, 0) is 142 Å². The maximum Gasteiger partial charge on any atom is 0.249 e. The van der Waals surface area contributed by atoms with Gasteiger partial charge in [-0.15, -0.1) is 0 Å². The molecule has 0 aromatic carbocycles. The standard InChI is InChI=1S/C43H67N9O6S/c1-26-21-37(59-47-26)45-34-23-29(5-7-32(34)38(44)54)50-15-2-3-30(25-50)51-20-14-43(42(51)58)12-18-48(19-13-43)24-27-10-16-49(17-11-27)28-4-6-31-33(22-28)41(57)52(40(31)56)35-8-9-36(53)46-39(35)55/h26-35,37,45,47H,2-25H2,1H3,(H2,44,54)(H,46,53,55)/t26?,28?,29?,30-,31?,32?,33?,34?,35+,37?/m1/s1. The van der Waals surface area contributed by atoms with Gasteiger partial charge in [0.2, 0.25) is 35.4 Å². The lowest BCUT2D eigenvalue weighted by Gasteiger charge is -2.46. The number of piperidine rings is 4. The highest BCUT2D eigenvalue weighted by atomic mass is 32.2. The van der Waals surface area contributed by atoms with Crippen LogP contribution in [0, 0.1) is 29.1 Å². The van der Waals surface area contributed by atoms with Gasteiger partial charge < -0.3 is 25.8 Å². The molecule has 9 aliphatic rings. The van der Waals surface area contributed by atoms with Crippen molar-refractivity contribution in [1.82, 2.24) is 39.9 Å². The fourth-order valence-electron chi connectivity index (χ4n) is 13.0. The molecule has 9 rings (SSSR count). The SMILES string of the molecule is CC1CC(NC2CC(N3CCC[C@@H](N4CCC5(CCN(CC6CCN(C7CCC8C(=O)N([C@H]9CCC(=O)NC9=O)C(=O)C8C7)CC6)CC5)C4=O)C3)CCC2C(N)=O)SN1. The summed E-state index contributed by atoms with van der Waals surface area (Å²) >= 11 is 1.73. The topological polar surface area (TPSA) is 181 Å². The third-order valence-corrected chi connectivity index (χ3v) is 17.6. The molecule has 2 saturated carbocycles. The average Bonchev–Trinajstić information content (AvgIpc) is 3.87. The van der Waals surface area contributed by atoms with E-state index in [9.17, 15) is 28.8 Å². The molecule has 7 saturated heterocycles. The minimum absolute atomic E-state index is 0.0872. The summed E-state index contributed by atoms with van der Waals surface area (Å²) in [6, 6.07) is 0.614. The van der Waals surface area contributed by atoms with Gasteiger partial charge >= 0.3 is 0 Å². The summed E-state index contributed by atoms with van der Waals surface area (Å²) in [5, 5.41) is 6.39. The monoisotopic (exact) mass is 837 g/mol. The third kappa shape index (κ3) is 8.36. The second-order valence-electron chi connectivity index (χ2n) is 19.9. The number of hydrogen-bond acceptors (Lipinski definition) is 12. The van der Waals surface area contributed by atoms with E-state index in [1.165, 1.54) is 4.90 Å². The molecule has 15 nitrogen and oxygen atoms in total. The summed E-state index contributed by atoms with van der Waals surface area (Å²) in [7, 11) is 0. The van der Waals surface area contributed by atoms with Gasteiger partial charge in [0.1, 0.15) is 6.04 Å². The molecule has 7 heterocycles. The molecule has 326 valence electrons. The van der Waals surface area contributed by atoms with Crippen LogP contribution in [0.4, 0.5) is 0 Å². The van der Waals surface area contributed by atoms with Crippen molar-refractivity contribution in [3.05, 3.63) is 0 Å². The van der Waals surface area contributed by atoms with Crippen LogP contribution in [0.15, 0.2) is 0 Å². The van der Waals surface area contributed by atoms with Crippen LogP contribution in [0.3, 0.4) is 0 Å². The molecule has 10 atom stereocenters. The van der Waals surface area contributed by atoms with E-state index in [0.717, 1.165) is 129 Å². The van der Waals surface area contributed by atoms with Crippen molar-refractivity contribution in [3.63, 3.8) is 0 Å². The first-order valence-electron chi connectivity index (χ1n) is 23.1. The molecular formula is C43H67N9O6S. The molecule has 0 aromatic rings. The lowest BCUT2D eigenvalue weighted by molar-refractivity contribution is -0.151. The quantitative estimate of drug-likeness (QED) is 0.194. The molecule has 0 aromatic heterocycles. The van der Waals surface area contributed by atoms with Crippen molar-refractivity contribution in [2.45, 2.75) is 151 Å². The van der Waals surface area contributed by atoms with Crippen molar-refractivity contribution in [2.75, 3.05) is 52.4 Å². The van der Waals surface area contributed by atoms with Crippen molar-refractivity contribution < 1.29 is 28.8 Å². The van der Waals surface area contributed by atoms with Crippen LogP contribution in [0.5, 0.6) is 0 Å². The normalized spacial score (nSPS) is 39.3. The molecule has 2 aliphatic carbocycles. The van der Waals surface area contributed by atoms with Gasteiger partial charge in [-0.25, -0.2) is 0 Å². The Balaban J connectivity index is 0.720. The molecule has 6 amide bonds. The Morgan fingerprint density at radius 1 is 0.797 bits per heavy atom. The van der Waals surface area contributed by atoms with Crippen molar-refractivity contribution in [3.8, 4) is 0 Å². The van der Waals surface area contributed by atoms with Crippen LogP contribution in [-0.4, -0.2) is 154 Å². The van der Waals surface area contributed by atoms with Crippen molar-refractivity contribution in [2.24, 2.45) is 34.8 Å². The number of primary amides is 1. The molecule has 0 radical (unpaired) electrons. The van der Waals surface area contributed by atoms with E-state index in [-0.39, 0.29) is 77.8 Å². The smallest absolute Gasteiger partial charge is 0.249 e. The molecule has 5 N–H and O–H groups in total. The van der Waals surface area contributed by atoms with Crippen molar-refractivity contribution in [1.29, 1.82) is 0 Å². The lowest BCUT2D eigenvalue weighted by Crippen LogP contribution is -2.57. The number of fused-ring (bicyclic) bond motifs is 1. The molecule has 8 unspecified atom stereocenters. The Hall–Kier alpha value is -2.63. The number of amides is 6. The van der Waals surface area contributed by atoms with E-state index < -0.39 is 11.9 Å². The lowest BCUT2D eigenvalue weighted by atomic mass is 9.76. The summed E-state index contributed by atoms with van der Waals surface area (Å²) in [5.74, 6) is -1.36. The Kier molecular flexibility index (Phi) is 12.2. The van der Waals surface area contributed by atoms with Crippen LogP contribution in [0.1, 0.15) is 110 Å². The zero-order chi connectivity index (χ0) is 41.0. The summed E-state index contributed by atoms with van der Waals surface area (Å²) in [6.07, 6.45) is 13.6. The second-order valence-corrected chi connectivity index (χ2v) is 20.9. The minimum Gasteiger partial charge on any atom is -0.369 e. The minimum atomic E-state index is -0.863. The van der Waals surface area contributed by atoms with E-state index in [1.807, 2.05) is 0 Å². The zero-order valence-electron chi connectivity index (χ0n) is 35.0. The van der Waals surface area contributed by atoms with Gasteiger partial charge in [-0.1, -0.05) is 11.9 Å². The van der Waals surface area contributed by atoms with E-state index >= 15 is 0 Å². The Bertz CT molecular complexity index is 1650. The Labute approximate surface area is 353 Å². The maximum atomic E-state index is 14.3. The fourth-order valence-corrected chi connectivity index (χ4v) is 14.1. The number of imide groups is 2. The Morgan fingerprint density at radius 2 is 1.53 bits per heavy atom. The van der Waals surface area contributed by atoms with Crippen LogP contribution in [0.25, 0.3) is 0 Å². The first kappa shape index (κ1) is 41.7. The molecule has 16 heteroatoms. The van der Waals surface area contributed by atoms with E-state index in [1.54, 1.807) is 11.9 Å². The van der Waals surface area contributed by atoms with Crippen LogP contribution < -0.4 is 21.1 Å². The maximum absolute atomic E-state index is 14.3. The summed E-state index contributed by atoms with van der Waals surface area (Å²) < 4.78 is 3.45. The number of carbonyl (C=O) groups excluding carboxylic acids is 6. The largest absolute Gasteiger partial charge is 0.369 e. The van der Waals surface area contributed by atoms with Crippen LogP contribution in [0.2, 0.25) is 0 Å². The summed E-state index contributed by atoms with van der Waals surface area (Å²) in [6.45, 7) is 10.1. The molecule has 9 fully saturated rings. The van der Waals surface area contributed by atoms with Gasteiger partial charge in [-0.2, -0.15) is 0 Å². The third-order valence-electron chi connectivity index (χ3n) is 16.4. The first-order valence-corrected chi connectivity index (χ1v) is 24.0. The number of carbonyl (C=O) groups is 6. The van der Waals surface area contributed by atoms with Gasteiger partial charge in [0.25, 0.3) is 0 Å². The number of nitrogens with zero attached hydrogens (tertiary/aromatic N) is 5. The molecular weight excluding hydrogens is 771 g/mol. The average molecular weight is 838 g/mol. The van der Waals surface area contributed by atoms with Crippen LogP contribution in [-0.2, 0) is 28.8 Å². The van der Waals surface area contributed by atoms with Gasteiger partial charge in [0.15, 0.2) is 0 Å². The molecule has 1 spiro atoms. The molecule has 59 heavy (non-hydrogen) atoms. The molecule has 7 aliphatic heterocycles. The summed E-state index contributed by atoms with van der Waals surface area (Å²) in [5.41, 5.74) is 5.69. The highest BCUT2D eigenvalue weighted by Crippen LogP contribution is 2.45. The Morgan fingerprint density at radius 3 is 2.25 bits per heavy atom. The number of rotatable bonds is 9. The first-order chi connectivity index (χ1) is 28.5. The second kappa shape index (κ2) is 17.3. The van der Waals surface area contributed by atoms with Gasteiger partial charge in [0, 0.05) is 56.3 Å². The number of nitrogens with two attached hydrogens (primary N) is 1. The van der Waals surface area contributed by atoms with E-state index in [0.29, 0.717) is 42.1 Å². The van der Waals surface area contributed by atoms with Gasteiger partial charge in [-0.3, -0.25) is 48.6 Å². The van der Waals surface area contributed by atoms with Gasteiger partial charge in [0.05, 0.1) is 28.5 Å². The van der Waals surface area contributed by atoms with Crippen LogP contribution >= 0.6 is 11.9 Å². The van der Waals surface area contributed by atoms with Crippen molar-refractivity contribution >= 4 is 47.4 Å². The van der Waals surface area contributed by atoms with E-state index in [2.05, 4.69) is 41.9 Å². The number of likely N-dealkylation sites (tertiary alicyclic amines) is 5. The number of hydrogen-bond donors (Lipinski definition) is 4. The highest BCUT2D eigenvalue weighted by Gasteiger charge is 2.55. The van der Waals surface area contributed by atoms with E-state index in [4.69, 9.17) is 5.73 Å².